The molecule has 1 aromatic carbocycles. The molecule has 7 nitrogen and oxygen atoms in total. The number of benzene rings is 1. The van der Waals surface area contributed by atoms with E-state index in [4.69, 9.17) is 20.9 Å². The van der Waals surface area contributed by atoms with Crippen LogP contribution in [0, 0.1) is 6.92 Å². The third kappa shape index (κ3) is 5.63. The average molecular weight is 359 g/mol. The zero-order valence-electron chi connectivity index (χ0n) is 15.5. The van der Waals surface area contributed by atoms with Crippen molar-refractivity contribution in [3.8, 4) is 5.75 Å². The van der Waals surface area contributed by atoms with Gasteiger partial charge in [0.25, 0.3) is 0 Å². The summed E-state index contributed by atoms with van der Waals surface area (Å²) < 4.78 is 10.7. The fraction of sp³-hybridized carbons (Fsp3) is 0.368. The number of rotatable bonds is 3. The van der Waals surface area contributed by atoms with Crippen molar-refractivity contribution in [3.05, 3.63) is 47.2 Å². The Morgan fingerprint density at radius 3 is 2.58 bits per heavy atom. The van der Waals surface area contributed by atoms with Crippen LogP contribution in [-0.4, -0.2) is 23.7 Å². The van der Waals surface area contributed by atoms with E-state index in [1.54, 1.807) is 51.1 Å². The van der Waals surface area contributed by atoms with Crippen LogP contribution < -0.4 is 21.5 Å². The maximum absolute atomic E-state index is 12.5. The van der Waals surface area contributed by atoms with Crippen molar-refractivity contribution in [1.82, 2.24) is 0 Å². The lowest BCUT2D eigenvalue weighted by Gasteiger charge is -2.21. The van der Waals surface area contributed by atoms with Crippen LogP contribution in [0.15, 0.2) is 41.6 Å². The Labute approximate surface area is 153 Å². The summed E-state index contributed by atoms with van der Waals surface area (Å²) in [6.07, 6.45) is 2.92. The summed E-state index contributed by atoms with van der Waals surface area (Å²) in [4.78, 5) is 24.5. The Bertz CT molecular complexity index is 775. The van der Waals surface area contributed by atoms with Gasteiger partial charge in [-0.1, -0.05) is 6.07 Å². The summed E-state index contributed by atoms with van der Waals surface area (Å²) in [5.41, 5.74) is 13.0. The lowest BCUT2D eigenvalue weighted by molar-refractivity contribution is -0.130. The van der Waals surface area contributed by atoms with Gasteiger partial charge in [0.2, 0.25) is 0 Å². The molecule has 1 aromatic rings. The van der Waals surface area contributed by atoms with E-state index in [1.165, 1.54) is 0 Å². The number of hydrogen-bond donors (Lipinski definition) is 3. The fourth-order valence-corrected chi connectivity index (χ4v) is 2.41. The number of nitrogens with two attached hydrogens (primary N) is 2. The number of amides is 1. The molecule has 0 radical (unpaired) electrons. The zero-order valence-corrected chi connectivity index (χ0v) is 15.5. The minimum Gasteiger partial charge on any atom is -0.444 e. The predicted octanol–water partition coefficient (Wildman–Crippen LogP) is 2.75. The van der Waals surface area contributed by atoms with E-state index in [0.717, 1.165) is 5.56 Å². The van der Waals surface area contributed by atoms with Gasteiger partial charge in [0, 0.05) is 17.3 Å². The molecule has 0 heterocycles. The molecule has 0 saturated heterocycles. The van der Waals surface area contributed by atoms with Crippen molar-refractivity contribution in [2.45, 2.75) is 45.8 Å². The molecule has 140 valence electrons. The third-order valence-electron chi connectivity index (χ3n) is 3.44. The molecular weight excluding hydrogens is 334 g/mol. The van der Waals surface area contributed by atoms with E-state index in [2.05, 4.69) is 5.32 Å². The molecule has 1 atom stereocenters. The van der Waals surface area contributed by atoms with Crippen LogP contribution in [0.2, 0.25) is 0 Å². The van der Waals surface area contributed by atoms with E-state index >= 15 is 0 Å². The number of anilines is 1. The Kier molecular flexibility index (Phi) is 5.72. The number of esters is 1. The Hall–Kier alpha value is -2.80. The van der Waals surface area contributed by atoms with Crippen LogP contribution >= 0.6 is 0 Å². The summed E-state index contributed by atoms with van der Waals surface area (Å²) >= 11 is 0. The lowest BCUT2D eigenvalue weighted by Crippen LogP contribution is -2.28. The van der Waals surface area contributed by atoms with Crippen LogP contribution in [0.5, 0.6) is 5.75 Å². The molecule has 7 heteroatoms. The average Bonchev–Trinajstić information content (AvgIpc) is 2.47. The first-order chi connectivity index (χ1) is 12.0. The van der Waals surface area contributed by atoms with Gasteiger partial charge < -0.3 is 20.9 Å². The van der Waals surface area contributed by atoms with Gasteiger partial charge in [-0.15, -0.1) is 0 Å². The number of carbonyl (C=O) groups is 2. The fourth-order valence-electron chi connectivity index (χ4n) is 2.41. The largest absolute Gasteiger partial charge is 0.444 e. The molecule has 0 bridgehead atoms. The number of ether oxygens (including phenoxy) is 2. The van der Waals surface area contributed by atoms with E-state index in [0.29, 0.717) is 23.4 Å². The van der Waals surface area contributed by atoms with Crippen molar-refractivity contribution in [3.63, 3.8) is 0 Å². The molecule has 0 fully saturated rings. The number of hydrogen-bond acceptors (Lipinski definition) is 6. The highest BCUT2D eigenvalue weighted by Gasteiger charge is 2.22. The second-order valence-corrected chi connectivity index (χ2v) is 7.22. The van der Waals surface area contributed by atoms with Crippen LogP contribution in [0.4, 0.5) is 10.5 Å². The highest BCUT2D eigenvalue weighted by Crippen LogP contribution is 2.28. The van der Waals surface area contributed by atoms with Gasteiger partial charge in [0.1, 0.15) is 5.60 Å². The third-order valence-corrected chi connectivity index (χ3v) is 3.44. The SMILES string of the molecule is Cc1ccc(NC(=O)OC(C)(C)C)c(OC(=O)C2=CC(N)=CC(N)C2)c1. The van der Waals surface area contributed by atoms with Gasteiger partial charge in [-0.2, -0.15) is 0 Å². The van der Waals surface area contributed by atoms with Gasteiger partial charge in [0.05, 0.1) is 5.69 Å². The molecule has 1 amide bonds. The quantitative estimate of drug-likeness (QED) is 0.564. The minimum atomic E-state index is -0.640. The highest BCUT2D eigenvalue weighted by atomic mass is 16.6. The Morgan fingerprint density at radius 1 is 1.27 bits per heavy atom. The Morgan fingerprint density at radius 2 is 1.96 bits per heavy atom. The molecule has 2 rings (SSSR count). The minimum absolute atomic E-state index is 0.225. The topological polar surface area (TPSA) is 117 Å². The van der Waals surface area contributed by atoms with Crippen LogP contribution in [0.25, 0.3) is 0 Å². The maximum atomic E-state index is 12.5. The van der Waals surface area contributed by atoms with Crippen molar-refractivity contribution in [2.24, 2.45) is 11.5 Å². The van der Waals surface area contributed by atoms with Crippen molar-refractivity contribution in [2.75, 3.05) is 5.32 Å². The first-order valence-electron chi connectivity index (χ1n) is 8.30. The normalized spacial score (nSPS) is 17.0. The molecule has 0 aliphatic heterocycles. The molecule has 0 spiro atoms. The Balaban J connectivity index is 2.18. The molecule has 1 aliphatic rings. The van der Waals surface area contributed by atoms with E-state index < -0.39 is 17.7 Å². The van der Waals surface area contributed by atoms with Gasteiger partial charge in [-0.25, -0.2) is 9.59 Å². The summed E-state index contributed by atoms with van der Waals surface area (Å²) in [6, 6.07) is 4.77. The number of aryl methyl sites for hydroxylation is 1. The maximum Gasteiger partial charge on any atom is 0.412 e. The molecule has 0 aromatic heterocycles. The van der Waals surface area contributed by atoms with Crippen LogP contribution in [0.3, 0.4) is 0 Å². The molecule has 1 aliphatic carbocycles. The van der Waals surface area contributed by atoms with Crippen LogP contribution in [0.1, 0.15) is 32.8 Å². The second kappa shape index (κ2) is 7.61. The number of allylic oxidation sites excluding steroid dienone is 1. The first kappa shape index (κ1) is 19.5. The molecule has 1 unspecified atom stereocenters. The standard InChI is InChI=1S/C19H25N3O4/c1-11-5-6-15(22-18(24)26-19(2,3)4)16(7-11)25-17(23)12-8-13(20)10-14(21)9-12/h5-8,10,14H,9,20-21H2,1-4H3,(H,22,24). The van der Waals surface area contributed by atoms with Crippen LogP contribution in [-0.2, 0) is 9.53 Å². The van der Waals surface area contributed by atoms with Gasteiger partial charge in [0.15, 0.2) is 5.75 Å². The van der Waals surface area contributed by atoms with Gasteiger partial charge in [-0.3, -0.25) is 5.32 Å². The molecule has 0 saturated carbocycles. The zero-order chi connectivity index (χ0) is 19.5. The van der Waals surface area contributed by atoms with Crippen molar-refractivity contribution >= 4 is 17.7 Å². The molecule has 5 N–H and O–H groups in total. The molecular formula is C19H25N3O4. The number of nitrogens with one attached hydrogen (secondary N) is 1. The van der Waals surface area contributed by atoms with Crippen molar-refractivity contribution < 1.29 is 19.1 Å². The summed E-state index contributed by atoms with van der Waals surface area (Å²) in [6.45, 7) is 7.14. The van der Waals surface area contributed by atoms with E-state index in [-0.39, 0.29) is 11.8 Å². The first-order valence-corrected chi connectivity index (χ1v) is 8.30. The summed E-state index contributed by atoms with van der Waals surface area (Å²) in [7, 11) is 0. The lowest BCUT2D eigenvalue weighted by atomic mass is 9.99. The second-order valence-electron chi connectivity index (χ2n) is 7.22. The monoisotopic (exact) mass is 359 g/mol. The summed E-state index contributed by atoms with van der Waals surface area (Å²) in [5, 5.41) is 2.60. The van der Waals surface area contributed by atoms with E-state index in [9.17, 15) is 9.59 Å². The summed E-state index contributed by atoms with van der Waals surface area (Å²) in [5.74, 6) is -0.335. The van der Waals surface area contributed by atoms with Crippen molar-refractivity contribution in [1.29, 1.82) is 0 Å². The van der Waals surface area contributed by atoms with E-state index in [1.807, 2.05) is 6.92 Å². The van der Waals surface area contributed by atoms with Gasteiger partial charge >= 0.3 is 12.1 Å². The van der Waals surface area contributed by atoms with Gasteiger partial charge in [-0.05, 0) is 64.0 Å². The molecule has 26 heavy (non-hydrogen) atoms. The highest BCUT2D eigenvalue weighted by molar-refractivity contribution is 5.93. The number of carbonyl (C=O) groups excluding carboxylic acids is 2. The predicted molar refractivity (Wildman–Crippen MR) is 99.6 cm³/mol. The smallest absolute Gasteiger partial charge is 0.412 e.